The molecule has 0 unspecified atom stereocenters. The zero-order valence-corrected chi connectivity index (χ0v) is 20.1. The van der Waals surface area contributed by atoms with Crippen LogP contribution in [-0.4, -0.2) is 50.8 Å². The highest BCUT2D eigenvalue weighted by Crippen LogP contribution is 2.26. The van der Waals surface area contributed by atoms with Gasteiger partial charge >= 0.3 is 0 Å². The predicted molar refractivity (Wildman–Crippen MR) is 127 cm³/mol. The van der Waals surface area contributed by atoms with Crippen LogP contribution < -0.4 is 20.3 Å². The lowest BCUT2D eigenvalue weighted by Crippen LogP contribution is -2.43. The molecule has 2 aromatic carbocycles. The number of hydrazine groups is 1. The molecule has 0 saturated carbocycles. The maximum absolute atomic E-state index is 12.7. The first-order valence-corrected chi connectivity index (χ1v) is 12.9. The number of nitrogens with zero attached hydrogens (tertiary/aromatic N) is 1. The number of ether oxygens (including phenoxy) is 2. The minimum Gasteiger partial charge on any atom is -0.490 e. The average molecular weight is 490 g/mol. The molecule has 0 atom stereocenters. The van der Waals surface area contributed by atoms with E-state index in [0.717, 1.165) is 24.8 Å². The molecule has 2 aromatic rings. The van der Waals surface area contributed by atoms with Crippen molar-refractivity contribution in [2.75, 3.05) is 26.3 Å². The summed E-state index contributed by atoms with van der Waals surface area (Å²) >= 11 is 0. The van der Waals surface area contributed by atoms with Crippen molar-refractivity contribution >= 4 is 21.8 Å². The van der Waals surface area contributed by atoms with Crippen LogP contribution in [0.5, 0.6) is 11.5 Å². The highest BCUT2D eigenvalue weighted by molar-refractivity contribution is 7.89. The van der Waals surface area contributed by atoms with Crippen LogP contribution >= 0.6 is 0 Å². The largest absolute Gasteiger partial charge is 0.490 e. The summed E-state index contributed by atoms with van der Waals surface area (Å²) in [6.07, 6.45) is 3.37. The summed E-state index contributed by atoms with van der Waals surface area (Å²) in [7, 11) is -3.47. The number of rotatable bonds is 10. The lowest BCUT2D eigenvalue weighted by Gasteiger charge is -2.25. The van der Waals surface area contributed by atoms with E-state index in [1.165, 1.54) is 4.31 Å². The van der Waals surface area contributed by atoms with Crippen molar-refractivity contribution in [3.8, 4) is 11.5 Å². The fourth-order valence-electron chi connectivity index (χ4n) is 3.57. The van der Waals surface area contributed by atoms with Crippen LogP contribution in [0.15, 0.2) is 53.4 Å². The van der Waals surface area contributed by atoms with Crippen molar-refractivity contribution in [3.05, 3.63) is 54.1 Å². The third-order valence-corrected chi connectivity index (χ3v) is 7.28. The normalized spacial score (nSPS) is 14.3. The maximum Gasteiger partial charge on any atom is 0.276 e. The van der Waals surface area contributed by atoms with Crippen LogP contribution in [0.3, 0.4) is 0 Å². The van der Waals surface area contributed by atoms with Gasteiger partial charge in [-0.25, -0.2) is 8.42 Å². The quantitative estimate of drug-likeness (QED) is 0.496. The number of amides is 2. The van der Waals surface area contributed by atoms with Crippen molar-refractivity contribution in [3.63, 3.8) is 0 Å². The molecular weight excluding hydrogens is 458 g/mol. The van der Waals surface area contributed by atoms with E-state index in [0.29, 0.717) is 37.6 Å². The average Bonchev–Trinajstić information content (AvgIpc) is 2.86. The second kappa shape index (κ2) is 12.4. The van der Waals surface area contributed by atoms with Crippen molar-refractivity contribution in [2.24, 2.45) is 0 Å². The Hall–Kier alpha value is -3.11. The zero-order chi connectivity index (χ0) is 24.4. The van der Waals surface area contributed by atoms with Crippen LogP contribution in [0, 0.1) is 0 Å². The molecule has 1 saturated heterocycles. The third kappa shape index (κ3) is 7.19. The molecular formula is C24H31N3O6S. The fraction of sp³-hybridized carbons (Fsp3) is 0.417. The van der Waals surface area contributed by atoms with E-state index in [4.69, 9.17) is 9.47 Å². The number of benzene rings is 2. The summed E-state index contributed by atoms with van der Waals surface area (Å²) in [5, 5.41) is 0. The van der Waals surface area contributed by atoms with Gasteiger partial charge in [0.1, 0.15) is 0 Å². The van der Waals surface area contributed by atoms with Gasteiger partial charge in [-0.05, 0) is 56.0 Å². The first kappa shape index (κ1) is 25.5. The Morgan fingerprint density at radius 1 is 0.882 bits per heavy atom. The van der Waals surface area contributed by atoms with Crippen LogP contribution in [0.25, 0.3) is 0 Å². The number of hydrogen-bond acceptors (Lipinski definition) is 6. The van der Waals surface area contributed by atoms with Gasteiger partial charge in [0, 0.05) is 19.5 Å². The molecule has 0 aliphatic carbocycles. The number of para-hydroxylation sites is 2. The van der Waals surface area contributed by atoms with Gasteiger partial charge < -0.3 is 9.47 Å². The van der Waals surface area contributed by atoms with E-state index in [1.54, 1.807) is 48.5 Å². The Balaban J connectivity index is 1.40. The second-order valence-electron chi connectivity index (χ2n) is 7.87. The molecule has 2 N–H and O–H groups in total. The number of aryl methyl sites for hydroxylation is 1. The molecule has 1 fully saturated rings. The molecule has 184 valence electrons. The topological polar surface area (TPSA) is 114 Å². The lowest BCUT2D eigenvalue weighted by atomic mass is 10.1. The SMILES string of the molecule is CCOc1ccccc1OCC(=O)NNC(=O)CCc1ccc(S(=O)(=O)N2CCCCC2)cc1. The highest BCUT2D eigenvalue weighted by Gasteiger charge is 2.25. The van der Waals surface area contributed by atoms with Crippen molar-refractivity contribution in [1.29, 1.82) is 0 Å². The lowest BCUT2D eigenvalue weighted by molar-refractivity contribution is -0.130. The van der Waals surface area contributed by atoms with Crippen molar-refractivity contribution < 1.29 is 27.5 Å². The van der Waals surface area contributed by atoms with Gasteiger partial charge in [0.25, 0.3) is 5.91 Å². The number of carbonyl (C=O) groups is 2. The third-order valence-electron chi connectivity index (χ3n) is 5.37. The zero-order valence-electron chi connectivity index (χ0n) is 19.3. The number of hydrogen-bond donors (Lipinski definition) is 2. The molecule has 3 rings (SSSR count). The molecule has 0 bridgehead atoms. The Morgan fingerprint density at radius 3 is 2.15 bits per heavy atom. The van der Waals surface area contributed by atoms with Crippen LogP contribution in [-0.2, 0) is 26.0 Å². The molecule has 1 aliphatic rings. The predicted octanol–water partition coefficient (Wildman–Crippen LogP) is 2.42. The second-order valence-corrected chi connectivity index (χ2v) is 9.81. The molecule has 1 aliphatic heterocycles. The van der Waals surface area contributed by atoms with E-state index in [2.05, 4.69) is 10.9 Å². The summed E-state index contributed by atoms with van der Waals surface area (Å²) in [4.78, 5) is 24.3. The monoisotopic (exact) mass is 489 g/mol. The number of nitrogens with one attached hydrogen (secondary N) is 2. The van der Waals surface area contributed by atoms with Crippen LogP contribution in [0.1, 0.15) is 38.2 Å². The standard InChI is InChI=1S/C24H31N3O6S/c1-2-32-21-8-4-5-9-22(21)33-18-24(29)26-25-23(28)15-12-19-10-13-20(14-11-19)34(30,31)27-16-6-3-7-17-27/h4-5,8-11,13-14H,2-3,6-7,12,15-18H2,1H3,(H,25,28)(H,26,29). The molecule has 0 radical (unpaired) electrons. The summed E-state index contributed by atoms with van der Waals surface area (Å²) in [6.45, 7) is 3.15. The first-order chi connectivity index (χ1) is 16.4. The number of piperidine rings is 1. The van der Waals surface area contributed by atoms with Crippen LogP contribution in [0.2, 0.25) is 0 Å². The van der Waals surface area contributed by atoms with E-state index < -0.39 is 15.9 Å². The van der Waals surface area contributed by atoms with Crippen molar-refractivity contribution in [2.45, 2.75) is 43.9 Å². The van der Waals surface area contributed by atoms with Gasteiger partial charge in [-0.1, -0.05) is 30.7 Å². The van der Waals surface area contributed by atoms with Crippen LogP contribution in [0.4, 0.5) is 0 Å². The number of carbonyl (C=O) groups excluding carboxylic acids is 2. The minimum absolute atomic E-state index is 0.131. The minimum atomic E-state index is -3.47. The smallest absolute Gasteiger partial charge is 0.276 e. The molecule has 0 aromatic heterocycles. The molecule has 34 heavy (non-hydrogen) atoms. The Labute approximate surface area is 200 Å². The van der Waals surface area contributed by atoms with Crippen molar-refractivity contribution in [1.82, 2.24) is 15.2 Å². The first-order valence-electron chi connectivity index (χ1n) is 11.4. The molecule has 2 amide bonds. The van der Waals surface area contributed by atoms with E-state index >= 15 is 0 Å². The highest BCUT2D eigenvalue weighted by atomic mass is 32.2. The summed E-state index contributed by atoms with van der Waals surface area (Å²) in [6, 6.07) is 13.6. The van der Waals surface area contributed by atoms with E-state index in [9.17, 15) is 18.0 Å². The Bertz CT molecular complexity index is 1070. The van der Waals surface area contributed by atoms with Gasteiger partial charge in [0.15, 0.2) is 18.1 Å². The molecule has 1 heterocycles. The summed E-state index contributed by atoms with van der Waals surface area (Å²) in [5.74, 6) is 0.105. The van der Waals surface area contributed by atoms with Gasteiger partial charge in [0.2, 0.25) is 15.9 Å². The van der Waals surface area contributed by atoms with Gasteiger partial charge in [0.05, 0.1) is 11.5 Å². The molecule has 0 spiro atoms. The Kier molecular flexibility index (Phi) is 9.29. The Morgan fingerprint density at radius 2 is 1.50 bits per heavy atom. The molecule has 10 heteroatoms. The fourth-order valence-corrected chi connectivity index (χ4v) is 5.08. The van der Waals surface area contributed by atoms with Gasteiger partial charge in [-0.15, -0.1) is 0 Å². The van der Waals surface area contributed by atoms with Gasteiger partial charge in [-0.2, -0.15) is 4.31 Å². The van der Waals surface area contributed by atoms with Gasteiger partial charge in [-0.3, -0.25) is 20.4 Å². The maximum atomic E-state index is 12.7. The summed E-state index contributed by atoms with van der Waals surface area (Å²) in [5.41, 5.74) is 5.50. The molecule has 9 nitrogen and oxygen atoms in total. The summed E-state index contributed by atoms with van der Waals surface area (Å²) < 4.78 is 37.8. The van der Waals surface area contributed by atoms with E-state index in [-0.39, 0.29) is 23.8 Å². The van der Waals surface area contributed by atoms with E-state index in [1.807, 2.05) is 6.92 Å². The number of sulfonamides is 1.